The highest BCUT2D eigenvalue weighted by molar-refractivity contribution is 5.81. The number of amides is 1. The molecule has 214 valence electrons. The van der Waals surface area contributed by atoms with E-state index in [0.29, 0.717) is 12.3 Å². The van der Waals surface area contributed by atoms with Crippen molar-refractivity contribution in [2.24, 2.45) is 23.7 Å². The minimum atomic E-state index is -0.944. The predicted molar refractivity (Wildman–Crippen MR) is 137 cm³/mol. The number of aliphatic carboxylic acids is 1. The van der Waals surface area contributed by atoms with Gasteiger partial charge in [-0.2, -0.15) is 0 Å². The minimum Gasteiger partial charge on any atom is -0.481 e. The van der Waals surface area contributed by atoms with Crippen molar-refractivity contribution in [2.45, 2.75) is 95.6 Å². The first-order valence-electron chi connectivity index (χ1n) is 14.0. The lowest BCUT2D eigenvalue weighted by Crippen LogP contribution is -2.70. The largest absolute Gasteiger partial charge is 0.481 e. The van der Waals surface area contributed by atoms with Gasteiger partial charge < -0.3 is 24.6 Å². The van der Waals surface area contributed by atoms with Crippen LogP contribution in [0.2, 0.25) is 0 Å². The Morgan fingerprint density at radius 1 is 1.08 bits per heavy atom. The van der Waals surface area contributed by atoms with E-state index in [9.17, 15) is 19.5 Å². The maximum Gasteiger partial charge on any atom is 0.308 e. The molecule has 4 aliphatic heterocycles. The molecule has 0 radical (unpaired) electrons. The summed E-state index contributed by atoms with van der Waals surface area (Å²) >= 11 is 0. The van der Waals surface area contributed by atoms with Gasteiger partial charge in [0.25, 0.3) is 0 Å². The second kappa shape index (κ2) is 11.2. The van der Waals surface area contributed by atoms with Crippen molar-refractivity contribution in [3.63, 3.8) is 0 Å². The van der Waals surface area contributed by atoms with E-state index in [1.165, 1.54) is 0 Å². The number of hydrogen-bond acceptors (Lipinski definition) is 8. The standard InChI is InChI=1S/C29H39NO9/c1-17-9-10-22-18(2)26(36-27-29(22)21(17)13-14-28(3,37-27)38-39-29)35-25(34)12-11-23(31)30-16-20(15-24(32)33)19-7-5-4-6-8-19/h4-8,17-18,20-22,26-27H,9-16H2,1-3H3,(H,30,31)(H,32,33)/t17-,18-,20+,21+,22+,26-,27-,28+,29-/m1/s1. The molecule has 5 fully saturated rings. The maximum atomic E-state index is 12.8. The van der Waals surface area contributed by atoms with Gasteiger partial charge in [-0.05, 0) is 43.6 Å². The summed E-state index contributed by atoms with van der Waals surface area (Å²) in [5.74, 6) is -2.57. The van der Waals surface area contributed by atoms with Crippen LogP contribution in [0.3, 0.4) is 0 Å². The summed E-state index contributed by atoms with van der Waals surface area (Å²) in [5.41, 5.74) is 0.0963. The van der Waals surface area contributed by atoms with E-state index in [2.05, 4.69) is 12.2 Å². The zero-order valence-electron chi connectivity index (χ0n) is 22.8. The Morgan fingerprint density at radius 2 is 1.85 bits per heavy atom. The number of ether oxygens (including phenoxy) is 3. The zero-order chi connectivity index (χ0) is 27.8. The van der Waals surface area contributed by atoms with Crippen molar-refractivity contribution >= 4 is 17.8 Å². The molecule has 1 saturated carbocycles. The summed E-state index contributed by atoms with van der Waals surface area (Å²) in [5, 5.41) is 12.0. The van der Waals surface area contributed by atoms with Crippen molar-refractivity contribution in [1.29, 1.82) is 0 Å². The molecule has 2 N–H and O–H groups in total. The maximum absolute atomic E-state index is 12.8. The van der Waals surface area contributed by atoms with Gasteiger partial charge in [0, 0.05) is 37.1 Å². The van der Waals surface area contributed by atoms with Crippen LogP contribution in [0.15, 0.2) is 30.3 Å². The Bertz CT molecular complexity index is 1070. The number of rotatable bonds is 9. The van der Waals surface area contributed by atoms with E-state index in [-0.39, 0.29) is 55.4 Å². The van der Waals surface area contributed by atoms with Crippen LogP contribution in [0, 0.1) is 23.7 Å². The van der Waals surface area contributed by atoms with Gasteiger partial charge >= 0.3 is 11.9 Å². The molecular formula is C29H39NO9. The highest BCUT2D eigenvalue weighted by atomic mass is 17.3. The van der Waals surface area contributed by atoms with E-state index in [4.69, 9.17) is 24.0 Å². The third kappa shape index (κ3) is 5.57. The molecule has 6 rings (SSSR count). The normalized spacial score (nSPS) is 37.7. The fraction of sp³-hybridized carbons (Fsp3) is 0.690. The first kappa shape index (κ1) is 28.0. The molecular weight excluding hydrogens is 506 g/mol. The van der Waals surface area contributed by atoms with Gasteiger partial charge in [0.1, 0.15) is 0 Å². The molecule has 1 aliphatic carbocycles. The van der Waals surface area contributed by atoms with Crippen LogP contribution in [-0.2, 0) is 38.4 Å². The first-order chi connectivity index (χ1) is 18.6. The van der Waals surface area contributed by atoms with E-state index in [1.807, 2.05) is 44.2 Å². The third-order valence-corrected chi connectivity index (χ3v) is 9.14. The van der Waals surface area contributed by atoms with Gasteiger partial charge in [0.2, 0.25) is 18.0 Å². The molecule has 1 spiro atoms. The van der Waals surface area contributed by atoms with E-state index >= 15 is 0 Å². The Balaban J connectivity index is 1.16. The van der Waals surface area contributed by atoms with Crippen molar-refractivity contribution < 1.29 is 43.5 Å². The fourth-order valence-electron chi connectivity index (χ4n) is 6.98. The smallest absolute Gasteiger partial charge is 0.308 e. The first-order valence-corrected chi connectivity index (χ1v) is 14.0. The lowest BCUT2D eigenvalue weighted by Gasteiger charge is -2.59. The lowest BCUT2D eigenvalue weighted by atomic mass is 9.58. The Kier molecular flexibility index (Phi) is 8.01. The molecule has 1 amide bonds. The molecule has 4 saturated heterocycles. The summed E-state index contributed by atoms with van der Waals surface area (Å²) in [4.78, 5) is 48.5. The molecule has 4 heterocycles. The number of carboxylic acid groups (broad SMARTS) is 1. The van der Waals surface area contributed by atoms with Crippen LogP contribution < -0.4 is 5.32 Å². The molecule has 5 aliphatic rings. The molecule has 0 aromatic heterocycles. The van der Waals surface area contributed by atoms with Gasteiger partial charge in [-0.25, -0.2) is 9.78 Å². The summed E-state index contributed by atoms with van der Waals surface area (Å²) in [6.07, 6.45) is 1.71. The second-order valence-electron chi connectivity index (χ2n) is 11.8. The van der Waals surface area contributed by atoms with Crippen LogP contribution in [0.4, 0.5) is 0 Å². The zero-order valence-corrected chi connectivity index (χ0v) is 22.8. The SMILES string of the molecule is C[C@H]1[C@H](OC(=O)CCC(=O)NC[C@H](CC(=O)O)c2ccccc2)O[C@@H]2O[C@]3(C)CC[C@H]4[C@H](C)CC[C@@H]1[C@@]24OO3. The molecule has 1 aromatic carbocycles. The van der Waals surface area contributed by atoms with Gasteiger partial charge in [0.05, 0.1) is 12.8 Å². The summed E-state index contributed by atoms with van der Waals surface area (Å²) in [7, 11) is 0. The Morgan fingerprint density at radius 3 is 2.59 bits per heavy atom. The number of benzene rings is 1. The number of fused-ring (bicyclic) bond motifs is 2. The lowest BCUT2D eigenvalue weighted by molar-refractivity contribution is -0.576. The number of nitrogens with one attached hydrogen (secondary N) is 1. The second-order valence-corrected chi connectivity index (χ2v) is 11.8. The Labute approximate surface area is 228 Å². The van der Waals surface area contributed by atoms with Crippen LogP contribution in [0.1, 0.15) is 77.2 Å². The van der Waals surface area contributed by atoms with Crippen LogP contribution in [-0.4, -0.2) is 53.5 Å². The molecule has 10 heteroatoms. The highest BCUT2D eigenvalue weighted by Crippen LogP contribution is 2.60. The van der Waals surface area contributed by atoms with Gasteiger partial charge in [-0.15, -0.1) is 0 Å². The number of hydrogen-bond donors (Lipinski definition) is 2. The van der Waals surface area contributed by atoms with Gasteiger partial charge in [-0.1, -0.05) is 44.2 Å². The topological polar surface area (TPSA) is 130 Å². The fourth-order valence-corrected chi connectivity index (χ4v) is 6.98. The highest BCUT2D eigenvalue weighted by Gasteiger charge is 2.69. The van der Waals surface area contributed by atoms with Crippen molar-refractivity contribution in [3.05, 3.63) is 35.9 Å². The summed E-state index contributed by atoms with van der Waals surface area (Å²) < 4.78 is 18.3. The number of esters is 1. The Hall–Kier alpha value is -2.53. The van der Waals surface area contributed by atoms with Crippen molar-refractivity contribution in [3.8, 4) is 0 Å². The average Bonchev–Trinajstić information content (AvgIpc) is 3.14. The number of carboxylic acids is 1. The minimum absolute atomic E-state index is 0.0327. The van der Waals surface area contributed by atoms with E-state index in [1.54, 1.807) is 0 Å². The third-order valence-electron chi connectivity index (χ3n) is 9.14. The monoisotopic (exact) mass is 545 g/mol. The summed E-state index contributed by atoms with van der Waals surface area (Å²) in [6.45, 7) is 6.25. The van der Waals surface area contributed by atoms with Gasteiger partial charge in [-0.3, -0.25) is 14.4 Å². The van der Waals surface area contributed by atoms with Crippen LogP contribution in [0.5, 0.6) is 0 Å². The number of carbonyl (C=O) groups excluding carboxylic acids is 2. The average molecular weight is 546 g/mol. The van der Waals surface area contributed by atoms with Gasteiger partial charge in [0.15, 0.2) is 11.9 Å². The number of carbonyl (C=O) groups is 3. The molecule has 0 unspecified atom stereocenters. The quantitative estimate of drug-likeness (QED) is 0.351. The summed E-state index contributed by atoms with van der Waals surface area (Å²) in [6, 6.07) is 9.18. The van der Waals surface area contributed by atoms with Crippen molar-refractivity contribution in [2.75, 3.05) is 6.54 Å². The van der Waals surface area contributed by atoms with Crippen LogP contribution in [0.25, 0.3) is 0 Å². The molecule has 39 heavy (non-hydrogen) atoms. The molecule has 1 aromatic rings. The predicted octanol–water partition coefficient (Wildman–Crippen LogP) is 3.89. The molecule has 10 nitrogen and oxygen atoms in total. The van der Waals surface area contributed by atoms with Crippen LogP contribution >= 0.6 is 0 Å². The molecule has 9 atom stereocenters. The van der Waals surface area contributed by atoms with E-state index in [0.717, 1.165) is 24.8 Å². The van der Waals surface area contributed by atoms with E-state index < -0.39 is 35.9 Å². The molecule has 2 bridgehead atoms. The van der Waals surface area contributed by atoms with Crippen molar-refractivity contribution in [1.82, 2.24) is 5.32 Å².